The highest BCUT2D eigenvalue weighted by Crippen LogP contribution is 2.33. The van der Waals surface area contributed by atoms with Gasteiger partial charge in [-0.3, -0.25) is 9.59 Å². The summed E-state index contributed by atoms with van der Waals surface area (Å²) in [7, 11) is 0. The SMILES string of the molecule is O=C(Nc1ccc(C2CCCCC2)cc1)C1=C(O)C2CNCCC2NC1=O. The molecule has 1 aromatic rings. The molecular weight excluding hydrogens is 342 g/mol. The summed E-state index contributed by atoms with van der Waals surface area (Å²) in [6, 6.07) is 7.77. The molecule has 27 heavy (non-hydrogen) atoms. The van der Waals surface area contributed by atoms with Crippen LogP contribution >= 0.6 is 0 Å². The van der Waals surface area contributed by atoms with Crippen LogP contribution in [0.5, 0.6) is 0 Å². The minimum Gasteiger partial charge on any atom is -0.511 e. The number of carbonyl (C=O) groups excluding carboxylic acids is 2. The molecular formula is C21H27N3O3. The molecule has 3 aliphatic rings. The van der Waals surface area contributed by atoms with Gasteiger partial charge in [0, 0.05) is 18.3 Å². The van der Waals surface area contributed by atoms with Gasteiger partial charge >= 0.3 is 0 Å². The van der Waals surface area contributed by atoms with Gasteiger partial charge in [-0.15, -0.1) is 0 Å². The molecule has 1 aliphatic carbocycles. The Labute approximate surface area is 159 Å². The third-order valence-corrected chi connectivity index (χ3v) is 6.11. The minimum absolute atomic E-state index is 0.104. The molecule has 2 unspecified atom stereocenters. The number of hydrogen-bond acceptors (Lipinski definition) is 4. The second-order valence-electron chi connectivity index (χ2n) is 7.85. The van der Waals surface area contributed by atoms with Crippen LogP contribution in [0.2, 0.25) is 0 Å². The number of fused-ring (bicyclic) bond motifs is 1. The van der Waals surface area contributed by atoms with Crippen LogP contribution in [-0.2, 0) is 9.59 Å². The fourth-order valence-electron chi connectivity index (χ4n) is 4.55. The quantitative estimate of drug-likeness (QED) is 0.617. The number of amides is 2. The molecule has 2 fully saturated rings. The molecule has 0 spiro atoms. The van der Waals surface area contributed by atoms with Crippen molar-refractivity contribution in [2.45, 2.75) is 50.5 Å². The van der Waals surface area contributed by atoms with Crippen molar-refractivity contribution in [1.82, 2.24) is 10.6 Å². The standard InChI is InChI=1S/C21H27N3O3/c25-19-16-12-22-11-10-17(16)24-21(27)18(19)20(26)23-15-8-6-14(7-9-15)13-4-2-1-3-5-13/h6-9,13,16-17,22,25H,1-5,10-12H2,(H,23,26)(H,24,27). The number of carbonyl (C=O) groups is 2. The number of aliphatic hydroxyl groups excluding tert-OH is 1. The van der Waals surface area contributed by atoms with Crippen LogP contribution in [-0.4, -0.2) is 36.1 Å². The van der Waals surface area contributed by atoms with Crippen molar-refractivity contribution >= 4 is 17.5 Å². The molecule has 6 heteroatoms. The number of benzene rings is 1. The predicted molar refractivity (Wildman–Crippen MR) is 103 cm³/mol. The van der Waals surface area contributed by atoms with E-state index in [1.165, 1.54) is 37.7 Å². The van der Waals surface area contributed by atoms with Gasteiger partial charge in [0.1, 0.15) is 11.3 Å². The first kappa shape index (κ1) is 18.0. The van der Waals surface area contributed by atoms with Crippen molar-refractivity contribution < 1.29 is 14.7 Å². The molecule has 2 atom stereocenters. The van der Waals surface area contributed by atoms with Crippen LogP contribution < -0.4 is 16.0 Å². The molecule has 4 N–H and O–H groups in total. The van der Waals surface area contributed by atoms with E-state index in [1.54, 1.807) is 0 Å². The first-order valence-electron chi connectivity index (χ1n) is 9.99. The number of anilines is 1. The Balaban J connectivity index is 1.47. The van der Waals surface area contributed by atoms with E-state index in [0.717, 1.165) is 13.0 Å². The Bertz CT molecular complexity index is 750. The molecule has 2 amide bonds. The maximum absolute atomic E-state index is 12.6. The van der Waals surface area contributed by atoms with Crippen LogP contribution in [0, 0.1) is 5.92 Å². The van der Waals surface area contributed by atoms with Crippen molar-refractivity contribution in [1.29, 1.82) is 0 Å². The number of piperidine rings is 1. The van der Waals surface area contributed by atoms with Crippen LogP contribution in [0.4, 0.5) is 5.69 Å². The van der Waals surface area contributed by atoms with Crippen molar-refractivity contribution in [3.63, 3.8) is 0 Å². The summed E-state index contributed by atoms with van der Waals surface area (Å²) in [5, 5.41) is 19.3. The third-order valence-electron chi connectivity index (χ3n) is 6.11. The molecule has 6 nitrogen and oxygen atoms in total. The molecule has 0 bridgehead atoms. The third kappa shape index (κ3) is 3.72. The van der Waals surface area contributed by atoms with Gasteiger partial charge in [-0.1, -0.05) is 31.4 Å². The van der Waals surface area contributed by atoms with E-state index in [0.29, 0.717) is 18.2 Å². The second-order valence-corrected chi connectivity index (χ2v) is 7.85. The first-order valence-corrected chi connectivity index (χ1v) is 9.99. The lowest BCUT2D eigenvalue weighted by Crippen LogP contribution is -2.55. The topological polar surface area (TPSA) is 90.5 Å². The number of aliphatic hydroxyl groups is 1. The van der Waals surface area contributed by atoms with E-state index in [1.807, 2.05) is 12.1 Å². The van der Waals surface area contributed by atoms with E-state index in [2.05, 4.69) is 28.1 Å². The van der Waals surface area contributed by atoms with Gasteiger partial charge in [-0.25, -0.2) is 0 Å². The normalized spacial score (nSPS) is 26.3. The first-order chi connectivity index (χ1) is 13.1. The molecule has 0 radical (unpaired) electrons. The van der Waals surface area contributed by atoms with Crippen molar-refractivity contribution in [2.24, 2.45) is 5.92 Å². The lowest BCUT2D eigenvalue weighted by molar-refractivity contribution is -0.123. The van der Waals surface area contributed by atoms with Gasteiger partial charge in [0.15, 0.2) is 0 Å². The summed E-state index contributed by atoms with van der Waals surface area (Å²) in [5.41, 5.74) is 1.77. The van der Waals surface area contributed by atoms with Crippen molar-refractivity contribution in [2.75, 3.05) is 18.4 Å². The smallest absolute Gasteiger partial charge is 0.264 e. The van der Waals surface area contributed by atoms with E-state index >= 15 is 0 Å². The highest BCUT2D eigenvalue weighted by Gasteiger charge is 2.40. The summed E-state index contributed by atoms with van der Waals surface area (Å²) < 4.78 is 0. The zero-order valence-electron chi connectivity index (χ0n) is 15.5. The molecule has 1 aromatic carbocycles. The highest BCUT2D eigenvalue weighted by atomic mass is 16.3. The van der Waals surface area contributed by atoms with Gasteiger partial charge in [-0.2, -0.15) is 0 Å². The average Bonchev–Trinajstić information content (AvgIpc) is 2.69. The zero-order chi connectivity index (χ0) is 18.8. The van der Waals surface area contributed by atoms with Crippen molar-refractivity contribution in [3.05, 3.63) is 41.2 Å². The van der Waals surface area contributed by atoms with E-state index in [4.69, 9.17) is 0 Å². The van der Waals surface area contributed by atoms with Crippen LogP contribution in [0.25, 0.3) is 0 Å². The van der Waals surface area contributed by atoms with E-state index < -0.39 is 11.8 Å². The molecule has 4 rings (SSSR count). The number of nitrogens with one attached hydrogen (secondary N) is 3. The molecule has 1 saturated carbocycles. The summed E-state index contributed by atoms with van der Waals surface area (Å²) in [4.78, 5) is 25.0. The molecule has 0 aromatic heterocycles. The fourth-order valence-corrected chi connectivity index (χ4v) is 4.55. The Hall–Kier alpha value is -2.34. The predicted octanol–water partition coefficient (Wildman–Crippen LogP) is 2.59. The molecule has 144 valence electrons. The van der Waals surface area contributed by atoms with E-state index in [9.17, 15) is 14.7 Å². The molecule has 2 aliphatic heterocycles. The largest absolute Gasteiger partial charge is 0.511 e. The molecule has 1 saturated heterocycles. The van der Waals surface area contributed by atoms with Crippen LogP contribution in [0.15, 0.2) is 35.6 Å². The minimum atomic E-state index is -0.556. The van der Waals surface area contributed by atoms with Gasteiger partial charge in [0.05, 0.1) is 5.92 Å². The number of hydrogen-bond donors (Lipinski definition) is 4. The van der Waals surface area contributed by atoms with E-state index in [-0.39, 0.29) is 23.3 Å². The average molecular weight is 369 g/mol. The monoisotopic (exact) mass is 369 g/mol. The Morgan fingerprint density at radius 1 is 1.07 bits per heavy atom. The number of rotatable bonds is 3. The Morgan fingerprint density at radius 3 is 2.56 bits per heavy atom. The summed E-state index contributed by atoms with van der Waals surface area (Å²) >= 11 is 0. The van der Waals surface area contributed by atoms with Gasteiger partial charge in [0.2, 0.25) is 0 Å². The zero-order valence-corrected chi connectivity index (χ0v) is 15.5. The van der Waals surface area contributed by atoms with Gasteiger partial charge in [-0.05, 0) is 49.4 Å². The van der Waals surface area contributed by atoms with Crippen LogP contribution in [0.1, 0.15) is 50.0 Å². The second kappa shape index (κ2) is 7.72. The maximum atomic E-state index is 12.6. The van der Waals surface area contributed by atoms with Gasteiger partial charge < -0.3 is 21.1 Å². The van der Waals surface area contributed by atoms with Crippen molar-refractivity contribution in [3.8, 4) is 0 Å². The summed E-state index contributed by atoms with van der Waals surface area (Å²) in [6.45, 7) is 1.35. The fraction of sp³-hybridized carbons (Fsp3) is 0.524. The Kier molecular flexibility index (Phi) is 5.16. The van der Waals surface area contributed by atoms with Gasteiger partial charge in [0.25, 0.3) is 11.8 Å². The lowest BCUT2D eigenvalue weighted by Gasteiger charge is -2.36. The van der Waals surface area contributed by atoms with Crippen LogP contribution in [0.3, 0.4) is 0 Å². The Morgan fingerprint density at radius 2 is 1.81 bits per heavy atom. The summed E-state index contributed by atoms with van der Waals surface area (Å²) in [6.07, 6.45) is 7.08. The summed E-state index contributed by atoms with van der Waals surface area (Å²) in [5.74, 6) is -0.792. The highest BCUT2D eigenvalue weighted by molar-refractivity contribution is 6.23. The maximum Gasteiger partial charge on any atom is 0.264 e. The molecule has 2 heterocycles. The lowest BCUT2D eigenvalue weighted by atomic mass is 9.84.